The van der Waals surface area contributed by atoms with Gasteiger partial charge in [0, 0.05) is 0 Å². The maximum atomic E-state index is 12.3. The van der Waals surface area contributed by atoms with Crippen LogP contribution in [0.4, 0.5) is 0 Å². The normalized spacial score (nSPS) is 14.6. The Morgan fingerprint density at radius 2 is 1.91 bits per heavy atom. The number of hydrogen-bond acceptors (Lipinski definition) is 5. The van der Waals surface area contributed by atoms with Crippen LogP contribution >= 0.6 is 0 Å². The topological polar surface area (TPSA) is 72.8 Å². The third kappa shape index (κ3) is 2.44. The minimum Gasteiger partial charge on any atom is -0.508 e. The number of Topliss-reactive ketones (excluding diaryl/α,β-unsaturated/α-hetero) is 1. The minimum atomic E-state index is -0.508. The van der Waals surface area contributed by atoms with E-state index in [0.717, 1.165) is 5.56 Å². The lowest BCUT2D eigenvalue weighted by Crippen LogP contribution is -2.02. The van der Waals surface area contributed by atoms with Crippen molar-refractivity contribution >= 4 is 17.8 Å². The lowest BCUT2D eigenvalue weighted by molar-refractivity contribution is 0.0600. The number of allylic oxidation sites excluding steroid dienone is 1. The molecule has 5 heteroatoms. The van der Waals surface area contributed by atoms with Crippen LogP contribution in [0.3, 0.4) is 0 Å². The molecule has 0 bridgehead atoms. The van der Waals surface area contributed by atoms with Crippen LogP contribution in [0.2, 0.25) is 0 Å². The molecule has 110 valence electrons. The number of methoxy groups -OCH3 is 1. The lowest BCUT2D eigenvalue weighted by atomic mass is 10.1. The first-order valence-electron chi connectivity index (χ1n) is 6.54. The number of ether oxygens (including phenoxy) is 2. The number of esters is 1. The summed E-state index contributed by atoms with van der Waals surface area (Å²) in [6.07, 6.45) is 1.58. The van der Waals surface area contributed by atoms with E-state index < -0.39 is 5.97 Å². The Morgan fingerprint density at radius 1 is 1.18 bits per heavy atom. The second-order valence-corrected chi connectivity index (χ2v) is 4.73. The van der Waals surface area contributed by atoms with Crippen molar-refractivity contribution in [1.29, 1.82) is 0 Å². The Balaban J connectivity index is 1.94. The monoisotopic (exact) mass is 296 g/mol. The zero-order valence-corrected chi connectivity index (χ0v) is 11.7. The van der Waals surface area contributed by atoms with Crippen LogP contribution < -0.4 is 4.74 Å². The molecule has 1 heterocycles. The van der Waals surface area contributed by atoms with Crippen LogP contribution in [0.25, 0.3) is 6.08 Å². The summed E-state index contributed by atoms with van der Waals surface area (Å²) >= 11 is 0. The van der Waals surface area contributed by atoms with Gasteiger partial charge in [-0.2, -0.15) is 0 Å². The number of rotatable bonds is 2. The van der Waals surface area contributed by atoms with Crippen LogP contribution in [0.5, 0.6) is 11.5 Å². The minimum absolute atomic E-state index is 0.145. The van der Waals surface area contributed by atoms with Crippen molar-refractivity contribution < 1.29 is 24.2 Å². The van der Waals surface area contributed by atoms with Gasteiger partial charge in [0.1, 0.15) is 11.5 Å². The molecule has 0 radical (unpaired) electrons. The highest BCUT2D eigenvalue weighted by Crippen LogP contribution is 2.32. The van der Waals surface area contributed by atoms with Crippen LogP contribution in [0.15, 0.2) is 48.2 Å². The number of phenolic OH excluding ortho intramolecular Hbond substituents is 1. The van der Waals surface area contributed by atoms with Crippen molar-refractivity contribution in [2.24, 2.45) is 0 Å². The van der Waals surface area contributed by atoms with Crippen molar-refractivity contribution in [3.8, 4) is 11.5 Å². The fraction of sp³-hybridized carbons (Fsp3) is 0.0588. The molecule has 0 fully saturated rings. The molecule has 5 nitrogen and oxygen atoms in total. The van der Waals surface area contributed by atoms with Gasteiger partial charge >= 0.3 is 5.97 Å². The maximum Gasteiger partial charge on any atom is 0.337 e. The Hall–Kier alpha value is -3.08. The van der Waals surface area contributed by atoms with Crippen molar-refractivity contribution in [1.82, 2.24) is 0 Å². The first-order chi connectivity index (χ1) is 10.6. The Labute approximate surface area is 126 Å². The van der Waals surface area contributed by atoms with E-state index in [-0.39, 0.29) is 17.3 Å². The molecular weight excluding hydrogens is 284 g/mol. The Morgan fingerprint density at radius 3 is 2.59 bits per heavy atom. The molecular formula is C17H12O5. The van der Waals surface area contributed by atoms with E-state index in [0.29, 0.717) is 16.9 Å². The molecule has 1 N–H and O–H groups in total. The van der Waals surface area contributed by atoms with E-state index in [1.807, 2.05) is 0 Å². The summed E-state index contributed by atoms with van der Waals surface area (Å²) in [6, 6.07) is 11.0. The van der Waals surface area contributed by atoms with Crippen LogP contribution in [0.1, 0.15) is 26.3 Å². The van der Waals surface area contributed by atoms with Crippen molar-refractivity contribution in [2.45, 2.75) is 0 Å². The summed E-state index contributed by atoms with van der Waals surface area (Å²) in [6.45, 7) is 0. The zero-order valence-electron chi connectivity index (χ0n) is 11.7. The molecule has 3 rings (SSSR count). The fourth-order valence-electron chi connectivity index (χ4n) is 2.16. The second kappa shape index (κ2) is 5.37. The Bertz CT molecular complexity index is 787. The molecule has 2 aromatic rings. The van der Waals surface area contributed by atoms with Crippen LogP contribution in [-0.4, -0.2) is 24.0 Å². The number of carbonyl (C=O) groups excluding carboxylic acids is 2. The van der Waals surface area contributed by atoms with E-state index in [1.165, 1.54) is 25.3 Å². The van der Waals surface area contributed by atoms with Crippen LogP contribution in [-0.2, 0) is 4.74 Å². The van der Waals surface area contributed by atoms with Gasteiger partial charge in [-0.15, -0.1) is 0 Å². The molecule has 22 heavy (non-hydrogen) atoms. The fourth-order valence-corrected chi connectivity index (χ4v) is 2.16. The number of carbonyl (C=O) groups is 2. The summed E-state index contributed by atoms with van der Waals surface area (Å²) in [7, 11) is 1.28. The first-order valence-corrected chi connectivity index (χ1v) is 6.54. The molecule has 0 aromatic heterocycles. The number of phenols is 1. The average Bonchev–Trinajstić information content (AvgIpc) is 2.84. The number of hydrogen-bond donors (Lipinski definition) is 1. The molecule has 0 atom stereocenters. The van der Waals surface area contributed by atoms with Gasteiger partial charge in [0.05, 0.1) is 18.2 Å². The average molecular weight is 296 g/mol. The maximum absolute atomic E-state index is 12.3. The second-order valence-electron chi connectivity index (χ2n) is 4.73. The molecule has 0 spiro atoms. The van der Waals surface area contributed by atoms with Crippen molar-refractivity contribution in [3.05, 3.63) is 64.9 Å². The predicted octanol–water partition coefficient (Wildman–Crippen LogP) is 2.80. The molecule has 1 aliphatic rings. The highest BCUT2D eigenvalue weighted by Gasteiger charge is 2.28. The number of benzene rings is 2. The molecule has 1 aliphatic heterocycles. The van der Waals surface area contributed by atoms with Crippen LogP contribution in [0, 0.1) is 0 Å². The third-order valence-corrected chi connectivity index (χ3v) is 3.28. The van der Waals surface area contributed by atoms with Gasteiger partial charge in [0.2, 0.25) is 5.78 Å². The molecule has 0 aliphatic carbocycles. The van der Waals surface area contributed by atoms with Crippen molar-refractivity contribution in [2.75, 3.05) is 7.11 Å². The first kappa shape index (κ1) is 13.9. The van der Waals surface area contributed by atoms with E-state index in [9.17, 15) is 14.7 Å². The summed E-state index contributed by atoms with van der Waals surface area (Å²) < 4.78 is 10.2. The van der Waals surface area contributed by atoms with E-state index >= 15 is 0 Å². The third-order valence-electron chi connectivity index (χ3n) is 3.28. The quantitative estimate of drug-likeness (QED) is 0.681. The standard InChI is InChI=1S/C17H12O5/c1-21-17(20)11-4-7-14-13(9-11)16(19)15(22-14)8-10-2-5-12(18)6-3-10/h2-9,18H,1H3/b15-8+. The van der Waals surface area contributed by atoms with E-state index in [1.54, 1.807) is 30.3 Å². The van der Waals surface area contributed by atoms with Gasteiger partial charge in [-0.1, -0.05) is 12.1 Å². The Kier molecular flexibility index (Phi) is 3.39. The van der Waals surface area contributed by atoms with E-state index in [2.05, 4.69) is 4.74 Å². The number of aromatic hydroxyl groups is 1. The lowest BCUT2D eigenvalue weighted by Gasteiger charge is -2.00. The molecule has 0 saturated carbocycles. The van der Waals surface area contributed by atoms with Gasteiger partial charge < -0.3 is 14.6 Å². The summed E-state index contributed by atoms with van der Waals surface area (Å²) in [4.78, 5) is 23.8. The van der Waals surface area contributed by atoms with Gasteiger partial charge in [-0.05, 0) is 42.0 Å². The van der Waals surface area contributed by atoms with Gasteiger partial charge in [-0.25, -0.2) is 4.79 Å². The van der Waals surface area contributed by atoms with Crippen molar-refractivity contribution in [3.63, 3.8) is 0 Å². The SMILES string of the molecule is COC(=O)c1ccc2c(c1)C(=O)/C(=C\c1ccc(O)cc1)O2. The predicted molar refractivity (Wildman–Crippen MR) is 78.8 cm³/mol. The summed E-state index contributed by atoms with van der Waals surface area (Å²) in [5, 5.41) is 9.25. The van der Waals surface area contributed by atoms with Gasteiger partial charge in [-0.3, -0.25) is 4.79 Å². The molecule has 0 saturated heterocycles. The van der Waals surface area contributed by atoms with Gasteiger partial charge in [0.25, 0.3) is 0 Å². The van der Waals surface area contributed by atoms with Gasteiger partial charge in [0.15, 0.2) is 5.76 Å². The molecule has 0 unspecified atom stereocenters. The largest absolute Gasteiger partial charge is 0.508 e. The highest BCUT2D eigenvalue weighted by molar-refractivity contribution is 6.15. The summed E-state index contributed by atoms with van der Waals surface area (Å²) in [5.41, 5.74) is 1.35. The number of ketones is 1. The van der Waals surface area contributed by atoms with E-state index in [4.69, 9.17) is 4.74 Å². The number of fused-ring (bicyclic) bond motifs is 1. The highest BCUT2D eigenvalue weighted by atomic mass is 16.5. The molecule has 0 amide bonds. The summed E-state index contributed by atoms with van der Waals surface area (Å²) in [5.74, 6) is -0.0856. The molecule has 2 aromatic carbocycles. The zero-order chi connectivity index (χ0) is 15.7. The smallest absolute Gasteiger partial charge is 0.337 e.